The standard InChI is InChI=1S/C39H30N2O7/c1-39(2,29-13-17-34(18-14-29)47-36-22-28(21-31(23-36)40(42)43)27-9-5-3-6-10-27)30-15-19-35(20-16-30)48-38-25-32(41(44)45)24-37(26-38)46-33-11-7-4-8-12-33/h3-26H,1-2H3. The molecule has 48 heavy (non-hydrogen) atoms. The minimum Gasteiger partial charge on any atom is -0.457 e. The predicted octanol–water partition coefficient (Wildman–Crippen LogP) is 10.9. The highest BCUT2D eigenvalue weighted by Crippen LogP contribution is 2.37. The van der Waals surface area contributed by atoms with Crippen molar-refractivity contribution in [2.45, 2.75) is 19.3 Å². The van der Waals surface area contributed by atoms with Crippen molar-refractivity contribution in [2.75, 3.05) is 0 Å². The maximum absolute atomic E-state index is 11.6. The molecule has 0 N–H and O–H groups in total. The van der Waals surface area contributed by atoms with Gasteiger partial charge in [-0.05, 0) is 64.7 Å². The van der Waals surface area contributed by atoms with Gasteiger partial charge in [0.15, 0.2) is 0 Å². The van der Waals surface area contributed by atoms with Crippen molar-refractivity contribution in [3.05, 3.63) is 177 Å². The van der Waals surface area contributed by atoms with Gasteiger partial charge in [-0.1, -0.05) is 86.6 Å². The molecule has 0 saturated carbocycles. The van der Waals surface area contributed by atoms with Gasteiger partial charge >= 0.3 is 0 Å². The fourth-order valence-corrected chi connectivity index (χ4v) is 5.27. The second-order valence-corrected chi connectivity index (χ2v) is 11.6. The molecule has 0 fully saturated rings. The molecule has 0 heterocycles. The van der Waals surface area contributed by atoms with Crippen molar-refractivity contribution in [1.82, 2.24) is 0 Å². The van der Waals surface area contributed by atoms with Crippen molar-refractivity contribution in [3.8, 4) is 45.6 Å². The van der Waals surface area contributed by atoms with Gasteiger partial charge in [-0.15, -0.1) is 0 Å². The molecule has 0 spiro atoms. The molecule has 9 nitrogen and oxygen atoms in total. The maximum Gasteiger partial charge on any atom is 0.276 e. The normalized spacial score (nSPS) is 11.0. The number of para-hydroxylation sites is 1. The molecule has 6 aromatic carbocycles. The lowest BCUT2D eigenvalue weighted by atomic mass is 9.78. The molecular formula is C39H30N2O7. The van der Waals surface area contributed by atoms with Crippen LogP contribution in [0.2, 0.25) is 0 Å². The molecule has 238 valence electrons. The van der Waals surface area contributed by atoms with Crippen LogP contribution in [-0.4, -0.2) is 9.85 Å². The summed E-state index contributed by atoms with van der Waals surface area (Å²) in [5, 5.41) is 23.2. The van der Waals surface area contributed by atoms with E-state index in [0.29, 0.717) is 28.6 Å². The fraction of sp³-hybridized carbons (Fsp3) is 0.0769. The average Bonchev–Trinajstić information content (AvgIpc) is 3.09. The van der Waals surface area contributed by atoms with Crippen molar-refractivity contribution in [1.29, 1.82) is 0 Å². The SMILES string of the molecule is CC(C)(c1ccc(Oc2cc(Oc3ccccc3)cc([N+](=O)[O-])c2)cc1)c1ccc(Oc2cc(-c3ccccc3)cc([N+](=O)[O-])c2)cc1. The third kappa shape index (κ3) is 7.32. The number of nitro benzene ring substituents is 2. The van der Waals surface area contributed by atoms with Gasteiger partial charge in [0.2, 0.25) is 0 Å². The van der Waals surface area contributed by atoms with Crippen LogP contribution >= 0.6 is 0 Å². The third-order valence-electron chi connectivity index (χ3n) is 7.89. The van der Waals surface area contributed by atoms with Gasteiger partial charge < -0.3 is 14.2 Å². The monoisotopic (exact) mass is 638 g/mol. The third-order valence-corrected chi connectivity index (χ3v) is 7.89. The minimum absolute atomic E-state index is 0.0528. The van der Waals surface area contributed by atoms with Crippen molar-refractivity contribution >= 4 is 11.4 Å². The second kappa shape index (κ2) is 13.5. The summed E-state index contributed by atoms with van der Waals surface area (Å²) in [6, 6.07) is 42.7. The van der Waals surface area contributed by atoms with Crippen molar-refractivity contribution in [3.63, 3.8) is 0 Å². The van der Waals surface area contributed by atoms with Gasteiger partial charge in [-0.25, -0.2) is 0 Å². The van der Waals surface area contributed by atoms with Gasteiger partial charge in [0.1, 0.15) is 34.5 Å². The fourth-order valence-electron chi connectivity index (χ4n) is 5.27. The van der Waals surface area contributed by atoms with E-state index in [-0.39, 0.29) is 22.9 Å². The van der Waals surface area contributed by atoms with Crippen LogP contribution in [0.3, 0.4) is 0 Å². The van der Waals surface area contributed by atoms with E-state index in [1.54, 1.807) is 24.3 Å². The number of hydrogen-bond acceptors (Lipinski definition) is 7. The number of hydrogen-bond donors (Lipinski definition) is 0. The molecule has 6 rings (SSSR count). The van der Waals surface area contributed by atoms with Crippen LogP contribution in [0.1, 0.15) is 25.0 Å². The Morgan fingerprint density at radius 1 is 0.438 bits per heavy atom. The van der Waals surface area contributed by atoms with Crippen molar-refractivity contribution in [2.24, 2.45) is 0 Å². The molecule has 0 unspecified atom stereocenters. The Balaban J connectivity index is 1.17. The van der Waals surface area contributed by atoms with E-state index in [1.165, 1.54) is 24.3 Å². The summed E-state index contributed by atoms with van der Waals surface area (Å²) in [6.45, 7) is 4.19. The van der Waals surface area contributed by atoms with E-state index >= 15 is 0 Å². The largest absolute Gasteiger partial charge is 0.457 e. The Kier molecular flexibility index (Phi) is 8.85. The first-order chi connectivity index (χ1) is 23.1. The smallest absolute Gasteiger partial charge is 0.276 e. The zero-order valence-corrected chi connectivity index (χ0v) is 26.1. The Morgan fingerprint density at radius 3 is 1.29 bits per heavy atom. The van der Waals surface area contributed by atoms with E-state index in [2.05, 4.69) is 13.8 Å². The van der Waals surface area contributed by atoms with Gasteiger partial charge in [-0.3, -0.25) is 20.2 Å². The summed E-state index contributed by atoms with van der Waals surface area (Å²) in [6.07, 6.45) is 0. The molecule has 0 aromatic heterocycles. The minimum atomic E-state index is -0.488. The number of non-ortho nitro benzene ring substituents is 2. The van der Waals surface area contributed by atoms with E-state index in [1.807, 2.05) is 97.1 Å². The molecule has 9 heteroatoms. The second-order valence-electron chi connectivity index (χ2n) is 11.6. The van der Waals surface area contributed by atoms with Crippen LogP contribution in [0.25, 0.3) is 11.1 Å². The lowest BCUT2D eigenvalue weighted by Gasteiger charge is -2.26. The topological polar surface area (TPSA) is 114 Å². The van der Waals surface area contributed by atoms with E-state index in [0.717, 1.165) is 16.7 Å². The van der Waals surface area contributed by atoms with Gasteiger partial charge in [0.25, 0.3) is 11.4 Å². The van der Waals surface area contributed by atoms with Gasteiger partial charge in [0.05, 0.1) is 28.0 Å². The summed E-state index contributed by atoms with van der Waals surface area (Å²) < 4.78 is 17.9. The molecule has 0 amide bonds. The van der Waals surface area contributed by atoms with E-state index in [9.17, 15) is 20.2 Å². The van der Waals surface area contributed by atoms with Crippen molar-refractivity contribution < 1.29 is 24.1 Å². The quantitative estimate of drug-likeness (QED) is 0.102. The summed E-state index contributed by atoms with van der Waals surface area (Å²) in [7, 11) is 0. The van der Waals surface area contributed by atoms with Crippen LogP contribution < -0.4 is 14.2 Å². The molecule has 0 aliphatic heterocycles. The number of ether oxygens (including phenoxy) is 3. The summed E-state index contributed by atoms with van der Waals surface area (Å²) in [5.74, 6) is 2.54. The molecule has 0 saturated heterocycles. The summed E-state index contributed by atoms with van der Waals surface area (Å²) in [5.41, 5.74) is 2.98. The van der Waals surface area contributed by atoms with Crippen LogP contribution in [0, 0.1) is 20.2 Å². The Morgan fingerprint density at radius 2 is 0.833 bits per heavy atom. The maximum atomic E-state index is 11.6. The zero-order chi connectivity index (χ0) is 33.7. The Bertz CT molecular complexity index is 2060. The highest BCUT2D eigenvalue weighted by molar-refractivity contribution is 5.68. The number of nitrogens with zero attached hydrogens (tertiary/aromatic N) is 2. The first-order valence-electron chi connectivity index (χ1n) is 15.1. The first kappa shape index (κ1) is 31.5. The van der Waals surface area contributed by atoms with Crippen LogP contribution in [0.4, 0.5) is 11.4 Å². The predicted molar refractivity (Wildman–Crippen MR) is 183 cm³/mol. The average molecular weight is 639 g/mol. The highest BCUT2D eigenvalue weighted by atomic mass is 16.6. The zero-order valence-electron chi connectivity index (χ0n) is 26.1. The molecule has 0 radical (unpaired) electrons. The number of rotatable bonds is 11. The first-order valence-corrected chi connectivity index (χ1v) is 15.1. The number of nitro groups is 2. The highest BCUT2D eigenvalue weighted by Gasteiger charge is 2.24. The Hall–Kier alpha value is -6.48. The molecule has 6 aromatic rings. The van der Waals surface area contributed by atoms with Crippen LogP contribution in [0.5, 0.6) is 34.5 Å². The van der Waals surface area contributed by atoms with Gasteiger partial charge in [-0.2, -0.15) is 0 Å². The summed E-state index contributed by atoms with van der Waals surface area (Å²) in [4.78, 5) is 22.3. The van der Waals surface area contributed by atoms with E-state index in [4.69, 9.17) is 14.2 Å². The van der Waals surface area contributed by atoms with Gasteiger partial charge in [0, 0.05) is 17.5 Å². The molecule has 0 aliphatic carbocycles. The lowest BCUT2D eigenvalue weighted by molar-refractivity contribution is -0.385. The summed E-state index contributed by atoms with van der Waals surface area (Å²) >= 11 is 0. The molecule has 0 aliphatic rings. The Labute approximate surface area is 276 Å². The molecule has 0 atom stereocenters. The lowest BCUT2D eigenvalue weighted by Crippen LogP contribution is -2.18. The number of benzene rings is 6. The van der Waals surface area contributed by atoms with Crippen LogP contribution in [-0.2, 0) is 5.41 Å². The van der Waals surface area contributed by atoms with Crippen LogP contribution in [0.15, 0.2) is 146 Å². The van der Waals surface area contributed by atoms with E-state index < -0.39 is 15.3 Å². The molecule has 0 bridgehead atoms. The molecular weight excluding hydrogens is 608 g/mol.